The summed E-state index contributed by atoms with van der Waals surface area (Å²) >= 11 is 5.77. The van der Waals surface area contributed by atoms with Crippen LogP contribution >= 0.6 is 12.2 Å². The lowest BCUT2D eigenvalue weighted by Gasteiger charge is -2.30. The quantitative estimate of drug-likeness (QED) is 0.579. The molecule has 1 aliphatic heterocycles. The van der Waals surface area contributed by atoms with Crippen LogP contribution in [0.1, 0.15) is 43.0 Å². The second kappa shape index (κ2) is 8.48. The summed E-state index contributed by atoms with van der Waals surface area (Å²) in [6.45, 7) is 7.47. The number of pyridine rings is 1. The van der Waals surface area contributed by atoms with Crippen LogP contribution in [0, 0.1) is 12.8 Å². The van der Waals surface area contributed by atoms with E-state index >= 15 is 0 Å². The number of methoxy groups -OCH3 is 1. The Morgan fingerprint density at radius 2 is 1.87 bits per heavy atom. The van der Waals surface area contributed by atoms with E-state index < -0.39 is 0 Å². The minimum atomic E-state index is -0.0104. The number of nitrogens with one attached hydrogen (secondary N) is 1. The predicted molar refractivity (Wildman–Crippen MR) is 124 cm³/mol. The number of hydrogen-bond donors (Lipinski definition) is 1. The zero-order chi connectivity index (χ0) is 21.3. The second-order valence-electron chi connectivity index (χ2n) is 8.11. The molecule has 0 bridgehead atoms. The minimum absolute atomic E-state index is 0.0104. The number of thiocarbonyl (C=S) groups is 1. The van der Waals surface area contributed by atoms with Crippen LogP contribution in [0.15, 0.2) is 60.8 Å². The molecule has 2 aromatic heterocycles. The highest BCUT2D eigenvalue weighted by Gasteiger charge is 2.41. The first-order chi connectivity index (χ1) is 14.5. The standard InChI is InChI=1S/C24H28N4OS/c1-16(2)15-27-23(22(26-24(27)30)20-7-5-6-14-25-20)21-13-8-17(3)28(21)18-9-11-19(29-4)12-10-18/h5-14,16,22-23H,15H2,1-4H3,(H,26,30)/t22-,23-/m0/s1. The van der Waals surface area contributed by atoms with Crippen molar-refractivity contribution in [1.82, 2.24) is 19.8 Å². The molecule has 0 unspecified atom stereocenters. The average Bonchev–Trinajstić information content (AvgIpc) is 3.28. The molecule has 1 aromatic carbocycles. The van der Waals surface area contributed by atoms with Gasteiger partial charge in [-0.05, 0) is 73.6 Å². The summed E-state index contributed by atoms with van der Waals surface area (Å²) in [5.41, 5.74) is 4.48. The Balaban J connectivity index is 1.83. The molecule has 5 nitrogen and oxygen atoms in total. The van der Waals surface area contributed by atoms with E-state index in [2.05, 4.69) is 70.9 Å². The molecule has 1 aliphatic rings. The Morgan fingerprint density at radius 3 is 2.50 bits per heavy atom. The van der Waals surface area contributed by atoms with E-state index in [1.54, 1.807) is 7.11 Å². The van der Waals surface area contributed by atoms with Crippen LogP contribution in [-0.2, 0) is 0 Å². The van der Waals surface area contributed by atoms with Gasteiger partial charge in [0.05, 0.1) is 24.9 Å². The largest absolute Gasteiger partial charge is 0.497 e. The molecule has 3 aromatic rings. The van der Waals surface area contributed by atoms with Gasteiger partial charge in [0.1, 0.15) is 5.75 Å². The number of rotatable bonds is 6. The zero-order valence-corrected chi connectivity index (χ0v) is 18.7. The van der Waals surface area contributed by atoms with Gasteiger partial charge in [0, 0.05) is 29.8 Å². The molecule has 1 fully saturated rings. The Morgan fingerprint density at radius 1 is 1.10 bits per heavy atom. The van der Waals surface area contributed by atoms with E-state index in [0.29, 0.717) is 5.92 Å². The van der Waals surface area contributed by atoms with Gasteiger partial charge in [-0.15, -0.1) is 0 Å². The lowest BCUT2D eigenvalue weighted by atomic mass is 10.0. The molecule has 2 atom stereocenters. The van der Waals surface area contributed by atoms with E-state index in [1.165, 1.54) is 11.4 Å². The molecule has 156 valence electrons. The highest BCUT2D eigenvalue weighted by Crippen LogP contribution is 2.40. The summed E-state index contributed by atoms with van der Waals surface area (Å²) in [4.78, 5) is 6.96. The number of ether oxygens (including phenoxy) is 1. The van der Waals surface area contributed by atoms with Crippen molar-refractivity contribution >= 4 is 17.3 Å². The summed E-state index contributed by atoms with van der Waals surface area (Å²) in [6, 6.07) is 18.7. The van der Waals surface area contributed by atoms with Crippen molar-refractivity contribution < 1.29 is 4.74 Å². The first kappa shape index (κ1) is 20.4. The molecule has 0 saturated carbocycles. The summed E-state index contributed by atoms with van der Waals surface area (Å²) < 4.78 is 7.65. The number of nitrogens with zero attached hydrogens (tertiary/aromatic N) is 3. The summed E-state index contributed by atoms with van der Waals surface area (Å²) in [7, 11) is 1.69. The Labute approximate surface area is 183 Å². The van der Waals surface area contributed by atoms with Crippen LogP contribution in [0.2, 0.25) is 0 Å². The third-order valence-electron chi connectivity index (χ3n) is 5.50. The maximum atomic E-state index is 5.77. The van der Waals surface area contributed by atoms with E-state index in [1.807, 2.05) is 30.5 Å². The fourth-order valence-corrected chi connectivity index (χ4v) is 4.51. The highest BCUT2D eigenvalue weighted by molar-refractivity contribution is 7.80. The summed E-state index contributed by atoms with van der Waals surface area (Å²) in [6.07, 6.45) is 1.84. The number of aromatic nitrogens is 2. The Kier molecular flexibility index (Phi) is 5.77. The Hall–Kier alpha value is -2.86. The molecule has 0 aliphatic carbocycles. The molecule has 30 heavy (non-hydrogen) atoms. The van der Waals surface area contributed by atoms with Gasteiger partial charge < -0.3 is 19.5 Å². The molecule has 4 rings (SSSR count). The lowest BCUT2D eigenvalue weighted by molar-refractivity contribution is 0.280. The van der Waals surface area contributed by atoms with Crippen LogP contribution in [0.5, 0.6) is 5.75 Å². The predicted octanol–water partition coefficient (Wildman–Crippen LogP) is 4.82. The van der Waals surface area contributed by atoms with Gasteiger partial charge >= 0.3 is 0 Å². The number of benzene rings is 1. The van der Waals surface area contributed by atoms with E-state index in [9.17, 15) is 0 Å². The minimum Gasteiger partial charge on any atom is -0.497 e. The summed E-state index contributed by atoms with van der Waals surface area (Å²) in [5.74, 6) is 1.34. The molecular formula is C24H28N4OS. The van der Waals surface area contributed by atoms with Gasteiger partial charge in [-0.1, -0.05) is 19.9 Å². The van der Waals surface area contributed by atoms with Crippen molar-refractivity contribution in [3.05, 3.63) is 77.9 Å². The molecule has 1 N–H and O–H groups in total. The van der Waals surface area contributed by atoms with Crippen LogP contribution in [0.25, 0.3) is 5.69 Å². The van der Waals surface area contributed by atoms with Crippen molar-refractivity contribution in [3.63, 3.8) is 0 Å². The third-order valence-corrected chi connectivity index (χ3v) is 5.85. The first-order valence-electron chi connectivity index (χ1n) is 10.3. The SMILES string of the molecule is COc1ccc(-n2c(C)ccc2[C@H]2[C@H](c3ccccn3)NC(=S)N2CC(C)C)cc1. The van der Waals surface area contributed by atoms with Crippen molar-refractivity contribution in [1.29, 1.82) is 0 Å². The van der Waals surface area contributed by atoms with Crippen LogP contribution < -0.4 is 10.1 Å². The van der Waals surface area contributed by atoms with Crippen molar-refractivity contribution in [2.45, 2.75) is 32.9 Å². The lowest BCUT2D eigenvalue weighted by Crippen LogP contribution is -2.33. The molecular weight excluding hydrogens is 392 g/mol. The van der Waals surface area contributed by atoms with E-state index in [-0.39, 0.29) is 12.1 Å². The number of aryl methyl sites for hydroxylation is 1. The van der Waals surface area contributed by atoms with Crippen LogP contribution in [0.4, 0.5) is 0 Å². The highest BCUT2D eigenvalue weighted by atomic mass is 32.1. The van der Waals surface area contributed by atoms with Crippen molar-refractivity contribution in [3.8, 4) is 11.4 Å². The van der Waals surface area contributed by atoms with Gasteiger partial charge in [-0.3, -0.25) is 4.98 Å². The van der Waals surface area contributed by atoms with E-state index in [0.717, 1.165) is 28.8 Å². The molecule has 3 heterocycles. The van der Waals surface area contributed by atoms with Gasteiger partial charge in [0.15, 0.2) is 5.11 Å². The fourth-order valence-electron chi connectivity index (χ4n) is 4.19. The third kappa shape index (κ3) is 3.79. The zero-order valence-electron chi connectivity index (χ0n) is 17.9. The van der Waals surface area contributed by atoms with Crippen LogP contribution in [0.3, 0.4) is 0 Å². The van der Waals surface area contributed by atoms with Crippen molar-refractivity contribution in [2.75, 3.05) is 13.7 Å². The summed E-state index contributed by atoms with van der Waals surface area (Å²) in [5, 5.41) is 4.32. The Bertz CT molecular complexity index is 1010. The van der Waals surface area contributed by atoms with Crippen molar-refractivity contribution in [2.24, 2.45) is 5.92 Å². The van der Waals surface area contributed by atoms with Crippen LogP contribution in [-0.4, -0.2) is 33.2 Å². The fraction of sp³-hybridized carbons (Fsp3) is 0.333. The maximum absolute atomic E-state index is 5.77. The first-order valence-corrected chi connectivity index (χ1v) is 10.7. The van der Waals surface area contributed by atoms with Gasteiger partial charge in [-0.25, -0.2) is 0 Å². The molecule has 0 spiro atoms. The van der Waals surface area contributed by atoms with Gasteiger partial charge in [0.25, 0.3) is 0 Å². The normalized spacial score (nSPS) is 18.7. The maximum Gasteiger partial charge on any atom is 0.170 e. The smallest absolute Gasteiger partial charge is 0.170 e. The van der Waals surface area contributed by atoms with Gasteiger partial charge in [0.2, 0.25) is 0 Å². The average molecular weight is 421 g/mol. The molecule has 1 saturated heterocycles. The molecule has 0 radical (unpaired) electrons. The van der Waals surface area contributed by atoms with Gasteiger partial charge in [-0.2, -0.15) is 0 Å². The number of hydrogen-bond acceptors (Lipinski definition) is 3. The van der Waals surface area contributed by atoms with E-state index in [4.69, 9.17) is 17.0 Å². The monoisotopic (exact) mass is 420 g/mol. The topological polar surface area (TPSA) is 42.3 Å². The second-order valence-corrected chi connectivity index (χ2v) is 8.49. The molecule has 6 heteroatoms. The molecule has 0 amide bonds.